The number of carbonyl (C=O) groups excluding carboxylic acids is 5. The van der Waals surface area contributed by atoms with Gasteiger partial charge >= 0.3 is 23.9 Å². The first-order valence-electron chi connectivity index (χ1n) is 13.3. The summed E-state index contributed by atoms with van der Waals surface area (Å²) in [4.78, 5) is 69.9. The second-order valence-corrected chi connectivity index (χ2v) is 10.9. The molecular weight excluding hydrogens is 646 g/mol. The van der Waals surface area contributed by atoms with Crippen LogP contribution in [-0.2, 0) is 47.7 Å². The van der Waals surface area contributed by atoms with Gasteiger partial charge in [-0.1, -0.05) is 15.9 Å². The molecule has 0 saturated carbocycles. The van der Waals surface area contributed by atoms with E-state index in [2.05, 4.69) is 25.9 Å². The van der Waals surface area contributed by atoms with Gasteiger partial charge in [-0.3, -0.25) is 28.5 Å². The molecule has 1 amide bonds. The van der Waals surface area contributed by atoms with Gasteiger partial charge in [0.25, 0.3) is 5.91 Å². The van der Waals surface area contributed by atoms with Crippen LogP contribution in [0.4, 0.5) is 0 Å². The first-order chi connectivity index (χ1) is 20.9. The molecule has 0 aliphatic carbocycles. The Labute approximate surface area is 257 Å². The van der Waals surface area contributed by atoms with E-state index in [4.69, 9.17) is 23.7 Å². The van der Waals surface area contributed by atoms with Gasteiger partial charge in [0, 0.05) is 49.0 Å². The van der Waals surface area contributed by atoms with E-state index in [1.807, 2.05) is 0 Å². The Morgan fingerprint density at radius 2 is 1.61 bits per heavy atom. The van der Waals surface area contributed by atoms with Gasteiger partial charge in [0.1, 0.15) is 12.7 Å². The van der Waals surface area contributed by atoms with Gasteiger partial charge in [0.15, 0.2) is 30.0 Å². The normalized spacial score (nSPS) is 22.6. The van der Waals surface area contributed by atoms with E-state index in [1.54, 1.807) is 30.3 Å². The number of ether oxygens (including phenoxy) is 5. The monoisotopic (exact) mass is 671 g/mol. The number of fused-ring (bicyclic) bond motifs is 2. The topological polar surface area (TPSA) is 182 Å². The van der Waals surface area contributed by atoms with Crippen molar-refractivity contribution in [2.45, 2.75) is 58.3 Å². The first-order valence-corrected chi connectivity index (χ1v) is 14.1. The summed E-state index contributed by atoms with van der Waals surface area (Å²) < 4.78 is 29.9. The highest BCUT2D eigenvalue weighted by Crippen LogP contribution is 2.44. The zero-order valence-electron chi connectivity index (χ0n) is 23.8. The van der Waals surface area contributed by atoms with Crippen LogP contribution in [0.5, 0.6) is 5.88 Å². The molecule has 2 aliphatic heterocycles. The fourth-order valence-corrected chi connectivity index (χ4v) is 5.74. The van der Waals surface area contributed by atoms with Crippen LogP contribution in [0.25, 0.3) is 16.5 Å². The number of nitrogens with zero attached hydrogens (tertiary/aromatic N) is 3. The van der Waals surface area contributed by atoms with Crippen LogP contribution < -0.4 is 10.7 Å². The lowest BCUT2D eigenvalue weighted by Crippen LogP contribution is -2.60. The van der Waals surface area contributed by atoms with Gasteiger partial charge in [-0.2, -0.15) is 4.99 Å². The molecule has 0 spiro atoms. The van der Waals surface area contributed by atoms with E-state index >= 15 is 0 Å². The molecule has 1 N–H and O–H groups in total. The number of benzene rings is 1. The van der Waals surface area contributed by atoms with Crippen LogP contribution in [0, 0.1) is 0 Å². The highest BCUT2D eigenvalue weighted by Gasteiger charge is 2.54. The van der Waals surface area contributed by atoms with Gasteiger partial charge < -0.3 is 28.8 Å². The van der Waals surface area contributed by atoms with Crippen LogP contribution in [0.15, 0.2) is 46.0 Å². The second-order valence-electron chi connectivity index (χ2n) is 9.99. The smallest absolute Gasteiger partial charge is 0.303 e. The van der Waals surface area contributed by atoms with Crippen molar-refractivity contribution in [2.75, 3.05) is 6.61 Å². The molecule has 0 bridgehead atoms. The van der Waals surface area contributed by atoms with Crippen molar-refractivity contribution in [2.24, 2.45) is 4.99 Å². The molecule has 230 valence electrons. The number of amides is 1. The van der Waals surface area contributed by atoms with E-state index < -0.39 is 72.9 Å². The third-order valence-corrected chi connectivity index (χ3v) is 7.38. The number of rotatable bonds is 7. The summed E-state index contributed by atoms with van der Waals surface area (Å²) in [6.07, 6.45) is -5.62. The molecule has 2 aromatic heterocycles. The Morgan fingerprint density at radius 1 is 0.955 bits per heavy atom. The average molecular weight is 672 g/mol. The molecule has 4 heterocycles. The molecule has 44 heavy (non-hydrogen) atoms. The predicted molar refractivity (Wildman–Crippen MR) is 151 cm³/mol. The van der Waals surface area contributed by atoms with E-state index in [0.717, 1.165) is 27.7 Å². The fraction of sp³-hybridized carbons (Fsp3) is 0.345. The maximum Gasteiger partial charge on any atom is 0.303 e. The third kappa shape index (κ3) is 5.79. The van der Waals surface area contributed by atoms with Crippen molar-refractivity contribution in [1.29, 1.82) is 0 Å². The standard InChI is InChI=1S/C29H26BrN3O11/c1-12(34)40-11-20-23(41-13(2)35)24(42-14(3)36)25(43-15(4)37)29(44-20)33-19-8-7-16(30)10-18(19)22(28(33)39)21-17-6-5-9-31-26(17)32-27(21)38/h5-10,20,23-25,29,39H,11H2,1-4H3/t20-,23-,24+,25-,29-/m1/s1. The van der Waals surface area contributed by atoms with Crippen molar-refractivity contribution in [3.05, 3.63) is 57.3 Å². The van der Waals surface area contributed by atoms with E-state index in [9.17, 15) is 29.1 Å². The lowest BCUT2D eigenvalue weighted by Gasteiger charge is -2.45. The first kappa shape index (κ1) is 30.8. The molecule has 0 radical (unpaired) electrons. The Hall–Kier alpha value is -4.63. The summed E-state index contributed by atoms with van der Waals surface area (Å²) in [5.41, 5.74) is 0.655. The number of pyridine rings is 1. The maximum absolute atomic E-state index is 13.2. The van der Waals surface area contributed by atoms with Gasteiger partial charge in [0.2, 0.25) is 5.88 Å². The van der Waals surface area contributed by atoms with Crippen LogP contribution >= 0.6 is 15.9 Å². The summed E-state index contributed by atoms with van der Waals surface area (Å²) in [5.74, 6) is -4.19. The number of hydrogen-bond donors (Lipinski definition) is 1. The average Bonchev–Trinajstić information content (AvgIpc) is 3.40. The van der Waals surface area contributed by atoms with Crippen LogP contribution in [0.3, 0.4) is 0 Å². The minimum atomic E-state index is -1.50. The number of aromatic nitrogens is 2. The number of esters is 4. The Morgan fingerprint density at radius 3 is 2.27 bits per heavy atom. The number of aromatic hydroxyl groups is 1. The minimum absolute atomic E-state index is 0.0677. The molecule has 1 saturated heterocycles. The highest BCUT2D eigenvalue weighted by molar-refractivity contribution is 9.10. The van der Waals surface area contributed by atoms with Gasteiger partial charge in [0.05, 0.1) is 16.7 Å². The lowest BCUT2D eigenvalue weighted by atomic mass is 9.97. The Bertz CT molecular complexity index is 1840. The molecule has 14 nitrogen and oxygen atoms in total. The molecule has 0 unspecified atom stereocenters. The molecular formula is C29H26BrN3O11. The quantitative estimate of drug-likeness (QED) is 0.280. The van der Waals surface area contributed by atoms with Gasteiger partial charge in [-0.15, -0.1) is 0 Å². The Balaban J connectivity index is 1.78. The van der Waals surface area contributed by atoms with Crippen molar-refractivity contribution >= 4 is 62.2 Å². The summed E-state index contributed by atoms with van der Waals surface area (Å²) in [6.45, 7) is 4.04. The van der Waals surface area contributed by atoms with E-state index in [0.29, 0.717) is 20.6 Å². The molecule has 1 aromatic carbocycles. The van der Waals surface area contributed by atoms with Crippen molar-refractivity contribution in [1.82, 2.24) is 9.55 Å². The molecule has 5 rings (SSSR count). The molecule has 1 fully saturated rings. The van der Waals surface area contributed by atoms with E-state index in [1.165, 1.54) is 10.8 Å². The van der Waals surface area contributed by atoms with E-state index in [-0.39, 0.29) is 16.6 Å². The van der Waals surface area contributed by atoms with Crippen molar-refractivity contribution < 1.29 is 52.8 Å². The van der Waals surface area contributed by atoms with Crippen molar-refractivity contribution in [3.8, 4) is 5.88 Å². The maximum atomic E-state index is 13.2. The van der Waals surface area contributed by atoms with Crippen LogP contribution in [-0.4, -0.2) is 75.5 Å². The minimum Gasteiger partial charge on any atom is -0.494 e. The zero-order chi connectivity index (χ0) is 31.9. The van der Waals surface area contributed by atoms with Gasteiger partial charge in [-0.05, 0) is 30.3 Å². The number of carbonyl (C=O) groups is 5. The summed E-state index contributed by atoms with van der Waals surface area (Å²) in [7, 11) is 0. The van der Waals surface area contributed by atoms with Crippen molar-refractivity contribution in [3.63, 3.8) is 0 Å². The largest absolute Gasteiger partial charge is 0.494 e. The lowest BCUT2D eigenvalue weighted by molar-refractivity contribution is -0.268. The summed E-state index contributed by atoms with van der Waals surface area (Å²) in [5, 5.41) is 12.7. The second kappa shape index (κ2) is 12.2. The fourth-order valence-electron chi connectivity index (χ4n) is 5.38. The van der Waals surface area contributed by atoms with Gasteiger partial charge in [-0.25, -0.2) is 4.98 Å². The predicted octanol–water partition coefficient (Wildman–Crippen LogP) is 1.12. The van der Waals surface area contributed by atoms with Crippen LogP contribution in [0.2, 0.25) is 0 Å². The molecule has 3 aromatic rings. The summed E-state index contributed by atoms with van der Waals surface area (Å²) in [6, 6.07) is 8.23. The summed E-state index contributed by atoms with van der Waals surface area (Å²) >= 11 is 3.43. The molecule has 5 atom stereocenters. The molecule has 15 heteroatoms. The SMILES string of the molecule is CC(=O)OC[C@H]1O[C@@H](n2c(O)c(C3=c4cccnc4=NC3=O)c3cc(Br)ccc32)[C@H](OC(C)=O)[C@@H](OC(C)=O)[C@@H]1OC(C)=O. The highest BCUT2D eigenvalue weighted by atomic mass is 79.9. The third-order valence-electron chi connectivity index (χ3n) is 6.89. The zero-order valence-corrected chi connectivity index (χ0v) is 25.4. The Kier molecular flexibility index (Phi) is 8.52. The molecule has 2 aliphatic rings. The number of hydrogen-bond acceptors (Lipinski definition) is 12. The number of halogens is 1. The van der Waals surface area contributed by atoms with Crippen LogP contribution in [0.1, 0.15) is 39.5 Å².